The van der Waals surface area contributed by atoms with Gasteiger partial charge in [0.05, 0.1) is 11.3 Å². The highest BCUT2D eigenvalue weighted by molar-refractivity contribution is 5.96. The van der Waals surface area contributed by atoms with Crippen LogP contribution in [-0.2, 0) is 0 Å². The summed E-state index contributed by atoms with van der Waals surface area (Å²) in [5.41, 5.74) is 6.50. The minimum atomic E-state index is -1.35. The van der Waals surface area contributed by atoms with Crippen molar-refractivity contribution < 1.29 is 14.6 Å². The van der Waals surface area contributed by atoms with Crippen LogP contribution in [0, 0.1) is 11.3 Å². The molecule has 0 spiro atoms. The number of carboxylic acid groups (broad SMARTS) is 1. The normalized spacial score (nSPS) is 10.6. The summed E-state index contributed by atoms with van der Waals surface area (Å²) in [6.45, 7) is 0. The first-order valence-corrected chi connectivity index (χ1v) is 10.5. The Balaban J connectivity index is 1.55. The quantitative estimate of drug-likeness (QED) is 0.208. The lowest BCUT2D eigenvalue weighted by Gasteiger charge is -2.15. The third-order valence-electron chi connectivity index (χ3n) is 5.49. The number of carbonyl (C=O) groups is 1. The number of hydrogen-bond donors (Lipinski definition) is 3. The predicted molar refractivity (Wildman–Crippen MR) is 130 cm³/mol. The number of H-pyrrole nitrogens is 1. The fourth-order valence-electron chi connectivity index (χ4n) is 3.91. The Morgan fingerprint density at radius 2 is 1.76 bits per heavy atom. The van der Waals surface area contributed by atoms with Crippen molar-refractivity contribution in [1.29, 1.82) is 5.26 Å². The molecule has 3 N–H and O–H groups in total. The Hall–Kier alpha value is -5.09. The molecule has 0 saturated heterocycles. The van der Waals surface area contributed by atoms with Gasteiger partial charge in [-0.25, -0.2) is 4.79 Å². The molecule has 3 aromatic carbocycles. The molecule has 0 aliphatic heterocycles. The molecule has 0 aliphatic carbocycles. The van der Waals surface area contributed by atoms with Crippen molar-refractivity contribution in [2.24, 2.45) is 0 Å². The van der Waals surface area contributed by atoms with E-state index in [4.69, 9.17) is 5.11 Å². The SMILES string of the molecule is N#Cc1cncc(-c2cccc(-c3ccc(OC(=O)O)cc3)c2)c1Nc1cccc2[nH]ccc12. The van der Waals surface area contributed by atoms with Crippen LogP contribution < -0.4 is 10.1 Å². The van der Waals surface area contributed by atoms with E-state index < -0.39 is 6.16 Å². The monoisotopic (exact) mass is 446 g/mol. The van der Waals surface area contributed by atoms with Gasteiger partial charge < -0.3 is 20.1 Å². The first-order chi connectivity index (χ1) is 16.6. The summed E-state index contributed by atoms with van der Waals surface area (Å²) in [5.74, 6) is 0.253. The highest BCUT2D eigenvalue weighted by atomic mass is 16.7. The van der Waals surface area contributed by atoms with E-state index in [0.29, 0.717) is 11.3 Å². The second-order valence-corrected chi connectivity index (χ2v) is 7.56. The molecule has 0 aliphatic rings. The van der Waals surface area contributed by atoms with Crippen molar-refractivity contribution in [1.82, 2.24) is 9.97 Å². The average Bonchev–Trinajstić information content (AvgIpc) is 3.34. The number of nitriles is 1. The number of fused-ring (bicyclic) bond motifs is 1. The first-order valence-electron chi connectivity index (χ1n) is 10.5. The number of nitrogens with zero attached hydrogens (tertiary/aromatic N) is 2. The fourth-order valence-corrected chi connectivity index (χ4v) is 3.91. The number of nitrogens with one attached hydrogen (secondary N) is 2. The summed E-state index contributed by atoms with van der Waals surface area (Å²) in [6.07, 6.45) is 3.82. The van der Waals surface area contributed by atoms with Gasteiger partial charge in [-0.05, 0) is 53.1 Å². The highest BCUT2D eigenvalue weighted by Gasteiger charge is 2.14. The maximum absolute atomic E-state index is 10.7. The smallest absolute Gasteiger partial charge is 0.449 e. The Labute approximate surface area is 194 Å². The van der Waals surface area contributed by atoms with Crippen molar-refractivity contribution in [3.05, 3.63) is 97.0 Å². The molecule has 5 aromatic rings. The topological polar surface area (TPSA) is 111 Å². The van der Waals surface area contributed by atoms with Gasteiger partial charge in [0, 0.05) is 40.7 Å². The van der Waals surface area contributed by atoms with Gasteiger partial charge in [-0.3, -0.25) is 4.98 Å². The Kier molecular flexibility index (Phi) is 5.38. The van der Waals surface area contributed by atoms with Crippen molar-refractivity contribution in [3.8, 4) is 34.1 Å². The molecule has 0 radical (unpaired) electrons. The second-order valence-electron chi connectivity index (χ2n) is 7.56. The van der Waals surface area contributed by atoms with Crippen molar-refractivity contribution in [2.75, 3.05) is 5.32 Å². The van der Waals surface area contributed by atoms with E-state index in [9.17, 15) is 10.1 Å². The largest absolute Gasteiger partial charge is 0.511 e. The van der Waals surface area contributed by atoms with Gasteiger partial charge in [0.15, 0.2) is 0 Å². The van der Waals surface area contributed by atoms with Gasteiger partial charge in [0.25, 0.3) is 0 Å². The molecule has 2 heterocycles. The third-order valence-corrected chi connectivity index (χ3v) is 5.49. The van der Waals surface area contributed by atoms with Crippen molar-refractivity contribution in [2.45, 2.75) is 0 Å². The van der Waals surface area contributed by atoms with Crippen LogP contribution in [0.25, 0.3) is 33.2 Å². The van der Waals surface area contributed by atoms with E-state index in [1.807, 2.05) is 54.7 Å². The molecule has 5 rings (SSSR count). The number of hydrogen-bond acceptors (Lipinski definition) is 5. The van der Waals surface area contributed by atoms with Gasteiger partial charge in [-0.1, -0.05) is 36.4 Å². The molecular formula is C27H18N4O3. The van der Waals surface area contributed by atoms with E-state index in [2.05, 4.69) is 26.1 Å². The Bertz CT molecular complexity index is 1550. The Morgan fingerprint density at radius 1 is 0.971 bits per heavy atom. The van der Waals surface area contributed by atoms with Crippen LogP contribution in [0.1, 0.15) is 5.56 Å². The molecule has 164 valence electrons. The van der Waals surface area contributed by atoms with Crippen LogP contribution in [0.5, 0.6) is 5.75 Å². The minimum absolute atomic E-state index is 0.253. The van der Waals surface area contributed by atoms with Crippen molar-refractivity contribution >= 4 is 28.4 Å². The molecule has 7 heteroatoms. The second kappa shape index (κ2) is 8.81. The van der Waals surface area contributed by atoms with E-state index in [1.165, 1.54) is 0 Å². The molecule has 0 saturated carbocycles. The minimum Gasteiger partial charge on any atom is -0.449 e. The number of pyridine rings is 1. The van der Waals surface area contributed by atoms with E-state index in [1.54, 1.807) is 36.7 Å². The molecule has 0 bridgehead atoms. The molecule has 0 fully saturated rings. The fraction of sp³-hybridized carbons (Fsp3) is 0. The average molecular weight is 446 g/mol. The third kappa shape index (κ3) is 4.04. The summed E-state index contributed by atoms with van der Waals surface area (Å²) < 4.78 is 4.69. The lowest BCUT2D eigenvalue weighted by Crippen LogP contribution is -2.02. The van der Waals surface area contributed by atoms with Crippen LogP contribution in [0.15, 0.2) is 91.4 Å². The zero-order valence-electron chi connectivity index (χ0n) is 17.8. The zero-order valence-corrected chi connectivity index (χ0v) is 17.8. The molecule has 7 nitrogen and oxygen atoms in total. The number of anilines is 2. The van der Waals surface area contributed by atoms with Crippen LogP contribution in [0.3, 0.4) is 0 Å². The molecule has 0 amide bonds. The van der Waals surface area contributed by atoms with Gasteiger partial charge in [-0.2, -0.15) is 5.26 Å². The number of benzene rings is 3. The number of aromatic nitrogens is 2. The maximum atomic E-state index is 10.7. The first kappa shape index (κ1) is 20.8. The lowest BCUT2D eigenvalue weighted by molar-refractivity contribution is 0.144. The summed E-state index contributed by atoms with van der Waals surface area (Å²) in [4.78, 5) is 18.2. The van der Waals surface area contributed by atoms with Crippen LogP contribution in [0.4, 0.5) is 16.2 Å². The highest BCUT2D eigenvalue weighted by Crippen LogP contribution is 2.36. The van der Waals surface area contributed by atoms with Gasteiger partial charge >= 0.3 is 6.16 Å². The van der Waals surface area contributed by atoms with Gasteiger partial charge in [-0.15, -0.1) is 0 Å². The van der Waals surface area contributed by atoms with E-state index >= 15 is 0 Å². The zero-order chi connectivity index (χ0) is 23.5. The van der Waals surface area contributed by atoms with Gasteiger partial charge in [0.2, 0.25) is 0 Å². The lowest BCUT2D eigenvalue weighted by atomic mass is 9.97. The summed E-state index contributed by atoms with van der Waals surface area (Å²) in [6, 6.07) is 24.8. The summed E-state index contributed by atoms with van der Waals surface area (Å²) in [7, 11) is 0. The number of rotatable bonds is 5. The summed E-state index contributed by atoms with van der Waals surface area (Å²) in [5, 5.41) is 23.0. The molecule has 0 atom stereocenters. The predicted octanol–water partition coefficient (Wildman–Crippen LogP) is 6.57. The molecule has 0 unspecified atom stereocenters. The van der Waals surface area contributed by atoms with E-state index in [0.717, 1.165) is 38.8 Å². The van der Waals surface area contributed by atoms with Gasteiger partial charge in [0.1, 0.15) is 11.8 Å². The van der Waals surface area contributed by atoms with Crippen molar-refractivity contribution in [3.63, 3.8) is 0 Å². The standard InChI is InChI=1S/C27H18N4O3/c28-14-20-15-29-16-23(26(20)31-25-6-2-5-24-22(25)11-12-30-24)19-4-1-3-18(13-19)17-7-9-21(10-8-17)34-27(32)33/h1-13,15-16,30H,(H,29,31)(H,32,33). The van der Waals surface area contributed by atoms with Crippen LogP contribution in [-0.4, -0.2) is 21.2 Å². The summed E-state index contributed by atoms with van der Waals surface area (Å²) >= 11 is 0. The Morgan fingerprint density at radius 3 is 2.56 bits per heavy atom. The maximum Gasteiger partial charge on any atom is 0.511 e. The molecule has 34 heavy (non-hydrogen) atoms. The van der Waals surface area contributed by atoms with Crippen LogP contribution >= 0.6 is 0 Å². The molecular weight excluding hydrogens is 428 g/mol. The number of aromatic amines is 1. The van der Waals surface area contributed by atoms with Crippen LogP contribution in [0.2, 0.25) is 0 Å². The van der Waals surface area contributed by atoms with E-state index in [-0.39, 0.29) is 5.75 Å². The molecule has 2 aromatic heterocycles. The number of ether oxygens (including phenoxy) is 1.